The van der Waals surface area contributed by atoms with Gasteiger partial charge in [-0.1, -0.05) is 29.5 Å². The molecule has 9 nitrogen and oxygen atoms in total. The molecule has 0 aliphatic carbocycles. The quantitative estimate of drug-likeness (QED) is 0.783. The van der Waals surface area contributed by atoms with Crippen LogP contribution in [0.15, 0.2) is 40.9 Å². The van der Waals surface area contributed by atoms with Crippen LogP contribution in [-0.2, 0) is 14.4 Å². The van der Waals surface area contributed by atoms with E-state index in [0.717, 1.165) is 5.69 Å². The van der Waals surface area contributed by atoms with Crippen LogP contribution in [0.4, 0.5) is 10.8 Å². The van der Waals surface area contributed by atoms with E-state index in [4.69, 9.17) is 0 Å². The van der Waals surface area contributed by atoms with Crippen molar-refractivity contribution in [2.45, 2.75) is 32.2 Å². The molecule has 2 amide bonds. The second kappa shape index (κ2) is 8.70. The maximum atomic E-state index is 13.0. The summed E-state index contributed by atoms with van der Waals surface area (Å²) < 4.78 is 0. The van der Waals surface area contributed by atoms with Crippen LogP contribution in [-0.4, -0.2) is 57.5 Å². The van der Waals surface area contributed by atoms with Gasteiger partial charge in [0.05, 0.1) is 5.69 Å². The first-order valence-corrected chi connectivity index (χ1v) is 10.7. The topological polar surface area (TPSA) is 108 Å². The fraction of sp³-hybridized carbons (Fsp3) is 0.400. The molecular weight excluding hydrogens is 404 g/mol. The Morgan fingerprint density at radius 1 is 1.13 bits per heavy atom. The van der Waals surface area contributed by atoms with E-state index in [-0.39, 0.29) is 23.5 Å². The van der Waals surface area contributed by atoms with Crippen molar-refractivity contribution in [2.24, 2.45) is 11.0 Å². The molecule has 2 aliphatic heterocycles. The summed E-state index contributed by atoms with van der Waals surface area (Å²) in [4.78, 5) is 39.2. The Balaban J connectivity index is 1.39. The number of piperidine rings is 1. The highest BCUT2D eigenvalue weighted by atomic mass is 32.1. The first kappa shape index (κ1) is 20.1. The molecule has 0 spiro atoms. The SMILES string of the molecule is CC(=O)C1CC(C(=O)N2CCC(C(=O)Nc3nncs3)CC2)=NN1c1ccccc1. The minimum absolute atomic E-state index is 0.0301. The molecule has 1 N–H and O–H groups in total. The van der Waals surface area contributed by atoms with E-state index in [1.165, 1.54) is 18.3 Å². The lowest BCUT2D eigenvalue weighted by molar-refractivity contribution is -0.128. The van der Waals surface area contributed by atoms with Crippen molar-refractivity contribution in [3.8, 4) is 0 Å². The van der Waals surface area contributed by atoms with Gasteiger partial charge in [0.25, 0.3) is 5.91 Å². The molecule has 0 saturated carbocycles. The van der Waals surface area contributed by atoms with Gasteiger partial charge in [0.15, 0.2) is 5.78 Å². The second-order valence-corrected chi connectivity index (χ2v) is 8.19. The van der Waals surface area contributed by atoms with Gasteiger partial charge in [0.1, 0.15) is 17.3 Å². The number of aromatic nitrogens is 2. The number of anilines is 2. The number of carbonyl (C=O) groups excluding carboxylic acids is 3. The number of likely N-dealkylation sites (tertiary alicyclic amines) is 1. The fourth-order valence-electron chi connectivity index (χ4n) is 3.74. The molecule has 3 heterocycles. The van der Waals surface area contributed by atoms with Crippen molar-refractivity contribution >= 4 is 45.5 Å². The van der Waals surface area contributed by atoms with Crippen LogP contribution in [0.2, 0.25) is 0 Å². The maximum absolute atomic E-state index is 13.0. The lowest BCUT2D eigenvalue weighted by Crippen LogP contribution is -2.44. The molecule has 0 radical (unpaired) electrons. The summed E-state index contributed by atoms with van der Waals surface area (Å²) in [5.74, 6) is -0.460. The highest BCUT2D eigenvalue weighted by molar-refractivity contribution is 7.13. The minimum atomic E-state index is -0.471. The Kier molecular flexibility index (Phi) is 5.84. The zero-order chi connectivity index (χ0) is 21.1. The number of ketones is 1. The zero-order valence-corrected chi connectivity index (χ0v) is 17.3. The molecule has 1 unspecified atom stereocenters. The van der Waals surface area contributed by atoms with Crippen molar-refractivity contribution in [3.63, 3.8) is 0 Å². The Bertz CT molecular complexity index is 954. The number of hydrogen-bond acceptors (Lipinski definition) is 8. The lowest BCUT2D eigenvalue weighted by Gasteiger charge is -2.31. The molecule has 2 aromatic rings. The van der Waals surface area contributed by atoms with E-state index in [0.29, 0.717) is 43.2 Å². The molecule has 2 aliphatic rings. The Morgan fingerprint density at radius 3 is 2.50 bits per heavy atom. The van der Waals surface area contributed by atoms with Crippen LogP contribution in [0.5, 0.6) is 0 Å². The third-order valence-electron chi connectivity index (χ3n) is 5.39. The molecule has 1 aromatic heterocycles. The number of benzene rings is 1. The van der Waals surface area contributed by atoms with Gasteiger partial charge in [-0.15, -0.1) is 10.2 Å². The van der Waals surface area contributed by atoms with Crippen molar-refractivity contribution < 1.29 is 14.4 Å². The molecule has 156 valence electrons. The van der Waals surface area contributed by atoms with Gasteiger partial charge < -0.3 is 10.2 Å². The van der Waals surface area contributed by atoms with Gasteiger partial charge in [-0.25, -0.2) is 0 Å². The number of nitrogens with zero attached hydrogens (tertiary/aromatic N) is 5. The van der Waals surface area contributed by atoms with Crippen molar-refractivity contribution in [2.75, 3.05) is 23.4 Å². The predicted molar refractivity (Wildman–Crippen MR) is 113 cm³/mol. The van der Waals surface area contributed by atoms with Gasteiger partial charge in [-0.2, -0.15) is 5.10 Å². The second-order valence-electron chi connectivity index (χ2n) is 7.36. The third-order valence-corrected chi connectivity index (χ3v) is 6.00. The van der Waals surface area contributed by atoms with E-state index < -0.39 is 6.04 Å². The third kappa shape index (κ3) is 4.23. The van der Waals surface area contributed by atoms with Gasteiger partial charge in [-0.3, -0.25) is 19.4 Å². The molecule has 4 rings (SSSR count). The van der Waals surface area contributed by atoms with Gasteiger partial charge >= 0.3 is 0 Å². The van der Waals surface area contributed by atoms with Gasteiger partial charge in [0, 0.05) is 25.4 Å². The van der Waals surface area contributed by atoms with Crippen LogP contribution < -0.4 is 10.3 Å². The molecule has 1 aromatic carbocycles. The Morgan fingerprint density at radius 2 is 1.87 bits per heavy atom. The maximum Gasteiger partial charge on any atom is 0.270 e. The van der Waals surface area contributed by atoms with E-state index in [1.807, 2.05) is 30.3 Å². The van der Waals surface area contributed by atoms with Crippen molar-refractivity contribution in [3.05, 3.63) is 35.8 Å². The van der Waals surface area contributed by atoms with E-state index in [1.54, 1.807) is 15.4 Å². The minimum Gasteiger partial charge on any atom is -0.337 e. The summed E-state index contributed by atoms with van der Waals surface area (Å²) in [6, 6.07) is 8.91. The smallest absolute Gasteiger partial charge is 0.270 e. The number of carbonyl (C=O) groups is 3. The van der Waals surface area contributed by atoms with Gasteiger partial charge in [-0.05, 0) is 31.9 Å². The van der Waals surface area contributed by atoms with Gasteiger partial charge in [0.2, 0.25) is 11.0 Å². The summed E-state index contributed by atoms with van der Waals surface area (Å²) >= 11 is 1.27. The van der Waals surface area contributed by atoms with Crippen LogP contribution in [0, 0.1) is 5.92 Å². The number of Topliss-reactive ketones (excluding diaryl/α,β-unsaturated/α-hetero) is 1. The highest BCUT2D eigenvalue weighted by Crippen LogP contribution is 2.27. The van der Waals surface area contributed by atoms with Crippen LogP contribution in [0.25, 0.3) is 0 Å². The number of amides is 2. The number of rotatable bonds is 5. The molecule has 30 heavy (non-hydrogen) atoms. The van der Waals surface area contributed by atoms with Crippen molar-refractivity contribution in [1.82, 2.24) is 15.1 Å². The molecule has 1 fully saturated rings. The molecular formula is C20H22N6O3S. The molecule has 0 bridgehead atoms. The molecule has 10 heteroatoms. The standard InChI is InChI=1S/C20H22N6O3S/c1-13(27)17-11-16(24-26(17)15-5-3-2-4-6-15)19(29)25-9-7-14(8-10-25)18(28)22-20-23-21-12-30-20/h2-6,12,14,17H,7-11H2,1H3,(H,22,23,28). The number of para-hydroxylation sites is 1. The van der Waals surface area contributed by atoms with Crippen LogP contribution in [0.1, 0.15) is 26.2 Å². The first-order chi connectivity index (χ1) is 14.5. The summed E-state index contributed by atoms with van der Waals surface area (Å²) in [6.45, 7) is 2.47. The lowest BCUT2D eigenvalue weighted by atomic mass is 9.95. The van der Waals surface area contributed by atoms with Crippen molar-refractivity contribution in [1.29, 1.82) is 0 Å². The average Bonchev–Trinajstić information content (AvgIpc) is 3.44. The highest BCUT2D eigenvalue weighted by Gasteiger charge is 2.37. The monoisotopic (exact) mass is 426 g/mol. The molecule has 1 atom stereocenters. The summed E-state index contributed by atoms with van der Waals surface area (Å²) in [5, 5.41) is 16.9. The van der Waals surface area contributed by atoms with E-state index in [9.17, 15) is 14.4 Å². The summed E-state index contributed by atoms with van der Waals surface area (Å²) in [7, 11) is 0. The Labute approximate surface area is 177 Å². The zero-order valence-electron chi connectivity index (χ0n) is 16.5. The van der Waals surface area contributed by atoms with E-state index >= 15 is 0 Å². The molecule has 1 saturated heterocycles. The Hall–Kier alpha value is -3.14. The average molecular weight is 427 g/mol. The number of nitrogens with one attached hydrogen (secondary N) is 1. The number of hydrazone groups is 1. The van der Waals surface area contributed by atoms with Crippen LogP contribution in [0.3, 0.4) is 0 Å². The summed E-state index contributed by atoms with van der Waals surface area (Å²) in [6.07, 6.45) is 1.44. The number of hydrogen-bond donors (Lipinski definition) is 1. The van der Waals surface area contributed by atoms with Crippen LogP contribution >= 0.6 is 11.3 Å². The fourth-order valence-corrected chi connectivity index (χ4v) is 4.18. The summed E-state index contributed by atoms with van der Waals surface area (Å²) in [5.41, 5.74) is 2.73. The first-order valence-electron chi connectivity index (χ1n) is 9.81. The normalized spacial score (nSPS) is 19.5. The van der Waals surface area contributed by atoms with E-state index in [2.05, 4.69) is 20.6 Å². The largest absolute Gasteiger partial charge is 0.337 e. The predicted octanol–water partition coefficient (Wildman–Crippen LogP) is 1.94.